The molecule has 0 radical (unpaired) electrons. The van der Waals surface area contributed by atoms with Crippen LogP contribution in [0.5, 0.6) is 0 Å². The highest BCUT2D eigenvalue weighted by Crippen LogP contribution is 2.44. The zero-order valence-corrected chi connectivity index (χ0v) is 12.9. The fourth-order valence-electron chi connectivity index (χ4n) is 2.19. The molecular formula is C15H23NO3S. The van der Waals surface area contributed by atoms with Crippen molar-refractivity contribution in [1.82, 2.24) is 5.32 Å². The largest absolute Gasteiger partial charge is 0.396 e. The first-order chi connectivity index (χ1) is 9.42. The Morgan fingerprint density at radius 1 is 1.30 bits per heavy atom. The van der Waals surface area contributed by atoms with Gasteiger partial charge in [-0.25, -0.2) is 8.42 Å². The van der Waals surface area contributed by atoms with Crippen molar-refractivity contribution < 1.29 is 13.5 Å². The van der Waals surface area contributed by atoms with Crippen molar-refractivity contribution in [3.8, 4) is 0 Å². The first kappa shape index (κ1) is 15.5. The molecule has 1 aliphatic rings. The van der Waals surface area contributed by atoms with Crippen LogP contribution in [0.3, 0.4) is 0 Å². The normalized spacial score (nSPS) is 18.8. The molecule has 2 rings (SSSR count). The summed E-state index contributed by atoms with van der Waals surface area (Å²) in [4.78, 5) is 0.380. The molecule has 1 unspecified atom stereocenters. The van der Waals surface area contributed by atoms with Crippen LogP contribution in [0.1, 0.15) is 38.3 Å². The summed E-state index contributed by atoms with van der Waals surface area (Å²) in [6, 6.07) is 7.21. The zero-order valence-electron chi connectivity index (χ0n) is 12.1. The maximum Gasteiger partial charge on any atom is 0.178 e. The Balaban J connectivity index is 1.99. The Labute approximate surface area is 121 Å². The molecule has 0 bridgehead atoms. The molecule has 0 saturated heterocycles. The lowest BCUT2D eigenvalue weighted by atomic mass is 10.1. The molecule has 2 N–H and O–H groups in total. The molecule has 4 nitrogen and oxygen atoms in total. The molecule has 5 heteroatoms. The monoisotopic (exact) mass is 297 g/mol. The van der Waals surface area contributed by atoms with E-state index in [4.69, 9.17) is 0 Å². The summed E-state index contributed by atoms with van der Waals surface area (Å²) >= 11 is 0. The van der Waals surface area contributed by atoms with E-state index in [2.05, 4.69) is 12.2 Å². The van der Waals surface area contributed by atoms with E-state index in [9.17, 15) is 13.5 Å². The number of aliphatic hydroxyl groups is 1. The molecular weight excluding hydrogens is 274 g/mol. The third-order valence-electron chi connectivity index (χ3n) is 4.20. The Kier molecular flexibility index (Phi) is 4.52. The zero-order chi connectivity index (χ0) is 14.8. The van der Waals surface area contributed by atoms with Crippen LogP contribution >= 0.6 is 0 Å². The molecule has 0 spiro atoms. The maximum absolute atomic E-state index is 11.7. The molecule has 0 aliphatic heterocycles. The lowest BCUT2D eigenvalue weighted by molar-refractivity contribution is 0.204. The van der Waals surface area contributed by atoms with Crippen molar-refractivity contribution >= 4 is 9.84 Å². The standard InChI is InChI=1S/C15H23NO3S/c1-3-20(18,19)14-6-4-13(5-7-14)12(2)16-10-15(11-17)8-9-15/h4-7,12,16-17H,3,8-11H2,1-2H3. The van der Waals surface area contributed by atoms with Crippen LogP contribution < -0.4 is 5.32 Å². The van der Waals surface area contributed by atoms with E-state index in [1.165, 1.54) is 0 Å². The summed E-state index contributed by atoms with van der Waals surface area (Å²) in [5.74, 6) is 0.124. The van der Waals surface area contributed by atoms with Gasteiger partial charge in [0.05, 0.1) is 10.6 Å². The van der Waals surface area contributed by atoms with Gasteiger partial charge in [0.2, 0.25) is 0 Å². The van der Waals surface area contributed by atoms with Crippen molar-refractivity contribution in [2.24, 2.45) is 5.41 Å². The van der Waals surface area contributed by atoms with Crippen LogP contribution in [-0.2, 0) is 9.84 Å². The second-order valence-electron chi connectivity index (χ2n) is 5.73. The SMILES string of the molecule is CCS(=O)(=O)c1ccc(C(C)NCC2(CO)CC2)cc1. The van der Waals surface area contributed by atoms with E-state index in [0.29, 0.717) is 4.90 Å². The van der Waals surface area contributed by atoms with Crippen molar-refractivity contribution in [3.63, 3.8) is 0 Å². The number of nitrogens with one attached hydrogen (secondary N) is 1. The van der Waals surface area contributed by atoms with Gasteiger partial charge >= 0.3 is 0 Å². The summed E-state index contributed by atoms with van der Waals surface area (Å²) in [6.07, 6.45) is 2.16. The molecule has 0 amide bonds. The molecule has 112 valence electrons. The quantitative estimate of drug-likeness (QED) is 0.807. The van der Waals surface area contributed by atoms with Gasteiger partial charge in [-0.15, -0.1) is 0 Å². The Morgan fingerprint density at radius 2 is 1.90 bits per heavy atom. The predicted molar refractivity (Wildman–Crippen MR) is 79.3 cm³/mol. The van der Waals surface area contributed by atoms with Crippen LogP contribution in [0, 0.1) is 5.41 Å². The van der Waals surface area contributed by atoms with E-state index in [1.807, 2.05) is 12.1 Å². The van der Waals surface area contributed by atoms with Crippen LogP contribution in [-0.4, -0.2) is 32.4 Å². The molecule has 1 aromatic carbocycles. The Hall–Kier alpha value is -0.910. The second kappa shape index (κ2) is 5.84. The van der Waals surface area contributed by atoms with Crippen molar-refractivity contribution in [1.29, 1.82) is 0 Å². The molecule has 1 atom stereocenters. The molecule has 20 heavy (non-hydrogen) atoms. The fraction of sp³-hybridized carbons (Fsp3) is 0.600. The van der Waals surface area contributed by atoms with Gasteiger partial charge < -0.3 is 10.4 Å². The molecule has 1 fully saturated rings. The highest BCUT2D eigenvalue weighted by atomic mass is 32.2. The van der Waals surface area contributed by atoms with Crippen molar-refractivity contribution in [2.75, 3.05) is 18.9 Å². The number of hydrogen-bond acceptors (Lipinski definition) is 4. The lowest BCUT2D eigenvalue weighted by Gasteiger charge is -2.19. The van der Waals surface area contributed by atoms with Gasteiger partial charge in [0.1, 0.15) is 0 Å². The topological polar surface area (TPSA) is 66.4 Å². The van der Waals surface area contributed by atoms with Gasteiger partial charge in [-0.05, 0) is 37.5 Å². The van der Waals surface area contributed by atoms with Gasteiger partial charge in [-0.3, -0.25) is 0 Å². The van der Waals surface area contributed by atoms with Crippen LogP contribution in [0.15, 0.2) is 29.2 Å². The highest BCUT2D eigenvalue weighted by molar-refractivity contribution is 7.91. The average molecular weight is 297 g/mol. The maximum atomic E-state index is 11.7. The number of hydrogen-bond donors (Lipinski definition) is 2. The molecule has 0 heterocycles. The number of benzene rings is 1. The summed E-state index contributed by atoms with van der Waals surface area (Å²) in [6.45, 7) is 4.74. The molecule has 0 aromatic heterocycles. The minimum absolute atomic E-state index is 0.0831. The van der Waals surface area contributed by atoms with E-state index >= 15 is 0 Å². The molecule has 1 saturated carbocycles. The van der Waals surface area contributed by atoms with Gasteiger partial charge in [0, 0.05) is 24.6 Å². The van der Waals surface area contributed by atoms with Crippen molar-refractivity contribution in [3.05, 3.63) is 29.8 Å². The van der Waals surface area contributed by atoms with E-state index < -0.39 is 9.84 Å². The molecule has 1 aromatic rings. The highest BCUT2D eigenvalue weighted by Gasteiger charge is 2.41. The summed E-state index contributed by atoms with van der Waals surface area (Å²) in [7, 11) is -3.12. The first-order valence-electron chi connectivity index (χ1n) is 7.09. The minimum atomic E-state index is -3.12. The number of rotatable bonds is 7. The third-order valence-corrected chi connectivity index (χ3v) is 5.95. The van der Waals surface area contributed by atoms with E-state index in [0.717, 1.165) is 24.9 Å². The Morgan fingerprint density at radius 3 is 2.35 bits per heavy atom. The van der Waals surface area contributed by atoms with Crippen LogP contribution in [0.2, 0.25) is 0 Å². The summed E-state index contributed by atoms with van der Waals surface area (Å²) in [5, 5.41) is 12.7. The lowest BCUT2D eigenvalue weighted by Crippen LogP contribution is -2.28. The van der Waals surface area contributed by atoms with E-state index in [-0.39, 0.29) is 23.8 Å². The van der Waals surface area contributed by atoms with Crippen LogP contribution in [0.4, 0.5) is 0 Å². The van der Waals surface area contributed by atoms with Gasteiger partial charge in [-0.1, -0.05) is 19.1 Å². The number of aliphatic hydroxyl groups excluding tert-OH is 1. The summed E-state index contributed by atoms with van der Waals surface area (Å²) in [5.41, 5.74) is 1.15. The van der Waals surface area contributed by atoms with Gasteiger partial charge in [0.25, 0.3) is 0 Å². The smallest absolute Gasteiger partial charge is 0.178 e. The van der Waals surface area contributed by atoms with E-state index in [1.54, 1.807) is 19.1 Å². The predicted octanol–water partition coefficient (Wildman–Crippen LogP) is 1.90. The van der Waals surface area contributed by atoms with Gasteiger partial charge in [0.15, 0.2) is 9.84 Å². The minimum Gasteiger partial charge on any atom is -0.396 e. The first-order valence-corrected chi connectivity index (χ1v) is 8.75. The summed E-state index contributed by atoms with van der Waals surface area (Å²) < 4.78 is 23.5. The van der Waals surface area contributed by atoms with Crippen LogP contribution in [0.25, 0.3) is 0 Å². The van der Waals surface area contributed by atoms with Crippen molar-refractivity contribution in [2.45, 2.75) is 37.6 Å². The third kappa shape index (κ3) is 3.40. The number of sulfone groups is 1. The Bertz CT molecular complexity index is 547. The molecule has 1 aliphatic carbocycles. The fourth-order valence-corrected chi connectivity index (χ4v) is 3.07. The average Bonchev–Trinajstić information content (AvgIpc) is 3.25. The van der Waals surface area contributed by atoms with Gasteiger partial charge in [-0.2, -0.15) is 0 Å². The second-order valence-corrected chi connectivity index (χ2v) is 8.01.